The van der Waals surface area contributed by atoms with E-state index in [1.165, 1.54) is 5.56 Å². The summed E-state index contributed by atoms with van der Waals surface area (Å²) >= 11 is 0. The van der Waals surface area contributed by atoms with Gasteiger partial charge in [-0.05, 0) is 25.2 Å². The van der Waals surface area contributed by atoms with Crippen molar-refractivity contribution in [3.05, 3.63) is 47.5 Å². The number of hydrogen-bond donors (Lipinski definition) is 0. The standard InChI is InChI=1S/C15H26O2Si2/c1-18(2,3)15(17-19(4,5)6)13-16-12-14-10-8-7-9-11-14/h7-11,13H,12H2,1-6H3/b15-13-. The van der Waals surface area contributed by atoms with Gasteiger partial charge in [-0.1, -0.05) is 50.0 Å². The Morgan fingerprint density at radius 3 is 2.05 bits per heavy atom. The van der Waals surface area contributed by atoms with Crippen LogP contribution in [0.1, 0.15) is 5.56 Å². The lowest BCUT2D eigenvalue weighted by Gasteiger charge is -2.28. The van der Waals surface area contributed by atoms with Crippen LogP contribution in [0.2, 0.25) is 39.3 Å². The van der Waals surface area contributed by atoms with Gasteiger partial charge in [-0.2, -0.15) is 0 Å². The van der Waals surface area contributed by atoms with E-state index in [0.29, 0.717) is 6.61 Å². The van der Waals surface area contributed by atoms with Gasteiger partial charge in [0.05, 0.1) is 5.38 Å². The Morgan fingerprint density at radius 2 is 1.58 bits per heavy atom. The molecule has 0 saturated heterocycles. The molecule has 0 spiro atoms. The summed E-state index contributed by atoms with van der Waals surface area (Å²) in [4.78, 5) is 0. The first-order chi connectivity index (χ1) is 8.68. The third-order valence-electron chi connectivity index (χ3n) is 2.44. The van der Waals surface area contributed by atoms with Crippen molar-refractivity contribution >= 4 is 16.4 Å². The zero-order valence-electron chi connectivity index (χ0n) is 13.0. The van der Waals surface area contributed by atoms with Crippen LogP contribution in [0.3, 0.4) is 0 Å². The number of ether oxygens (including phenoxy) is 1. The molecule has 0 aliphatic rings. The predicted molar refractivity (Wildman–Crippen MR) is 87.1 cm³/mol. The molecule has 0 fully saturated rings. The SMILES string of the molecule is C[Si](C)(C)O/C(=C/OCc1ccccc1)[Si](C)(C)C. The van der Waals surface area contributed by atoms with Crippen molar-refractivity contribution in [1.29, 1.82) is 0 Å². The van der Waals surface area contributed by atoms with Crippen LogP contribution in [-0.4, -0.2) is 16.4 Å². The van der Waals surface area contributed by atoms with E-state index in [0.717, 1.165) is 5.38 Å². The Bertz CT molecular complexity index is 414. The maximum absolute atomic E-state index is 6.18. The Labute approximate surface area is 119 Å². The summed E-state index contributed by atoms with van der Waals surface area (Å²) in [6.07, 6.45) is 1.84. The first-order valence-corrected chi connectivity index (χ1v) is 13.6. The first-order valence-electron chi connectivity index (χ1n) is 6.74. The molecule has 2 nitrogen and oxygen atoms in total. The van der Waals surface area contributed by atoms with Crippen molar-refractivity contribution in [3.8, 4) is 0 Å². The fourth-order valence-corrected chi connectivity index (χ4v) is 4.76. The van der Waals surface area contributed by atoms with Crippen LogP contribution in [0.25, 0.3) is 0 Å². The lowest BCUT2D eigenvalue weighted by molar-refractivity contribution is 0.223. The van der Waals surface area contributed by atoms with Crippen LogP contribution < -0.4 is 0 Å². The number of rotatable bonds is 6. The number of benzene rings is 1. The summed E-state index contributed by atoms with van der Waals surface area (Å²) in [6, 6.07) is 10.2. The first kappa shape index (κ1) is 16.0. The molecule has 1 aromatic carbocycles. The summed E-state index contributed by atoms with van der Waals surface area (Å²) in [6.45, 7) is 14.1. The molecule has 4 heteroatoms. The van der Waals surface area contributed by atoms with E-state index in [1.54, 1.807) is 0 Å². The summed E-state index contributed by atoms with van der Waals surface area (Å²) in [7, 11) is -3.06. The Morgan fingerprint density at radius 1 is 1.00 bits per heavy atom. The molecular weight excluding hydrogens is 268 g/mol. The fourth-order valence-electron chi connectivity index (χ4n) is 1.47. The fraction of sp³-hybridized carbons (Fsp3) is 0.467. The van der Waals surface area contributed by atoms with Crippen LogP contribution in [0, 0.1) is 0 Å². The summed E-state index contributed by atoms with van der Waals surface area (Å²) in [5.41, 5.74) is 1.18. The Balaban J connectivity index is 2.68. The van der Waals surface area contributed by atoms with Crippen LogP contribution >= 0.6 is 0 Å². The van der Waals surface area contributed by atoms with Gasteiger partial charge >= 0.3 is 0 Å². The monoisotopic (exact) mass is 294 g/mol. The molecule has 1 rings (SSSR count). The zero-order valence-corrected chi connectivity index (χ0v) is 15.0. The maximum Gasteiger partial charge on any atom is 0.241 e. The zero-order chi connectivity index (χ0) is 14.5. The second-order valence-corrected chi connectivity index (χ2v) is 16.2. The molecule has 0 heterocycles. The van der Waals surface area contributed by atoms with E-state index in [1.807, 2.05) is 24.5 Å². The molecule has 0 unspecified atom stereocenters. The van der Waals surface area contributed by atoms with Crippen molar-refractivity contribution < 1.29 is 9.16 Å². The summed E-state index contributed by atoms with van der Waals surface area (Å²) < 4.78 is 11.9. The maximum atomic E-state index is 6.18. The lowest BCUT2D eigenvalue weighted by Crippen LogP contribution is -2.35. The van der Waals surface area contributed by atoms with E-state index < -0.39 is 16.4 Å². The third kappa shape index (κ3) is 6.64. The second-order valence-electron chi connectivity index (χ2n) is 6.74. The highest BCUT2D eigenvalue weighted by Crippen LogP contribution is 2.21. The van der Waals surface area contributed by atoms with Crippen molar-refractivity contribution in [3.63, 3.8) is 0 Å². The molecule has 106 valence electrons. The third-order valence-corrected chi connectivity index (χ3v) is 5.17. The van der Waals surface area contributed by atoms with Gasteiger partial charge in [-0.3, -0.25) is 0 Å². The molecule has 0 radical (unpaired) electrons. The summed E-state index contributed by atoms with van der Waals surface area (Å²) in [5, 5.41) is 1.07. The minimum atomic E-state index is -1.57. The van der Waals surface area contributed by atoms with Gasteiger partial charge < -0.3 is 9.16 Å². The molecule has 0 bridgehead atoms. The van der Waals surface area contributed by atoms with Crippen molar-refractivity contribution in [1.82, 2.24) is 0 Å². The molecule has 0 aliphatic carbocycles. The van der Waals surface area contributed by atoms with Gasteiger partial charge in [-0.15, -0.1) is 0 Å². The average molecular weight is 295 g/mol. The van der Waals surface area contributed by atoms with Crippen LogP contribution in [0.4, 0.5) is 0 Å². The van der Waals surface area contributed by atoms with Crippen LogP contribution in [0.15, 0.2) is 42.0 Å². The van der Waals surface area contributed by atoms with Gasteiger partial charge in [0.1, 0.15) is 20.9 Å². The molecule has 1 aromatic rings. The Kier molecular flexibility index (Phi) is 5.43. The minimum absolute atomic E-state index is 0.601. The summed E-state index contributed by atoms with van der Waals surface area (Å²) in [5.74, 6) is 0. The molecule has 0 aromatic heterocycles. The smallest absolute Gasteiger partial charge is 0.241 e. The van der Waals surface area contributed by atoms with E-state index in [4.69, 9.17) is 9.16 Å². The van der Waals surface area contributed by atoms with Gasteiger partial charge in [-0.25, -0.2) is 0 Å². The van der Waals surface area contributed by atoms with E-state index >= 15 is 0 Å². The predicted octanol–water partition coefficient (Wildman–Crippen LogP) is 4.77. The van der Waals surface area contributed by atoms with Crippen molar-refractivity contribution in [2.45, 2.75) is 45.9 Å². The highest BCUT2D eigenvalue weighted by molar-refractivity contribution is 6.84. The van der Waals surface area contributed by atoms with Gasteiger partial charge in [0, 0.05) is 0 Å². The number of hydrogen-bond acceptors (Lipinski definition) is 2. The molecule has 0 atom stereocenters. The second kappa shape index (κ2) is 6.43. The molecule has 0 aliphatic heterocycles. The van der Waals surface area contributed by atoms with E-state index in [9.17, 15) is 0 Å². The molecule has 0 saturated carbocycles. The normalized spacial score (nSPS) is 13.3. The highest BCUT2D eigenvalue weighted by atomic mass is 28.4. The van der Waals surface area contributed by atoms with E-state index in [-0.39, 0.29) is 0 Å². The quantitative estimate of drug-likeness (QED) is 0.555. The molecule has 19 heavy (non-hydrogen) atoms. The van der Waals surface area contributed by atoms with Crippen LogP contribution in [0.5, 0.6) is 0 Å². The van der Waals surface area contributed by atoms with Gasteiger partial charge in [0.15, 0.2) is 0 Å². The average Bonchev–Trinajstić information content (AvgIpc) is 2.26. The van der Waals surface area contributed by atoms with Crippen LogP contribution in [-0.2, 0) is 15.8 Å². The lowest BCUT2D eigenvalue weighted by atomic mass is 10.2. The largest absolute Gasteiger partial charge is 0.548 e. The van der Waals surface area contributed by atoms with Gasteiger partial charge in [0.2, 0.25) is 8.32 Å². The topological polar surface area (TPSA) is 18.5 Å². The molecule has 0 amide bonds. The molecule has 0 N–H and O–H groups in total. The minimum Gasteiger partial charge on any atom is -0.548 e. The van der Waals surface area contributed by atoms with Crippen molar-refractivity contribution in [2.24, 2.45) is 0 Å². The Hall–Kier alpha value is -1.01. The van der Waals surface area contributed by atoms with Gasteiger partial charge in [0.25, 0.3) is 0 Å². The van der Waals surface area contributed by atoms with Crippen molar-refractivity contribution in [2.75, 3.05) is 0 Å². The highest BCUT2D eigenvalue weighted by Gasteiger charge is 2.27. The van der Waals surface area contributed by atoms with E-state index in [2.05, 4.69) is 51.4 Å². The molecular formula is C15H26O2Si2.